The fourth-order valence-electron chi connectivity index (χ4n) is 2.94. The molecule has 110 valence electrons. The number of rotatable bonds is 3. The summed E-state index contributed by atoms with van der Waals surface area (Å²) in [6.07, 6.45) is 0. The van der Waals surface area contributed by atoms with Gasteiger partial charge in [0, 0.05) is 31.2 Å². The molecule has 1 aromatic rings. The van der Waals surface area contributed by atoms with E-state index in [9.17, 15) is 4.79 Å². The second-order valence-electron chi connectivity index (χ2n) is 6.26. The summed E-state index contributed by atoms with van der Waals surface area (Å²) in [6, 6.07) is 4.62. The highest BCUT2D eigenvalue weighted by Gasteiger charge is 2.24. The van der Waals surface area contributed by atoms with Gasteiger partial charge in [0.2, 0.25) is 0 Å². The summed E-state index contributed by atoms with van der Waals surface area (Å²) in [5.41, 5.74) is 4.44. The number of Topliss-reactive ketones (excluding diaryl/α,β-unsaturated/α-hetero) is 1. The van der Waals surface area contributed by atoms with Crippen molar-refractivity contribution in [2.24, 2.45) is 0 Å². The third-order valence-corrected chi connectivity index (χ3v) is 4.46. The predicted molar refractivity (Wildman–Crippen MR) is 83.5 cm³/mol. The van der Waals surface area contributed by atoms with E-state index < -0.39 is 0 Å². The first-order valence-corrected chi connectivity index (χ1v) is 7.42. The van der Waals surface area contributed by atoms with E-state index >= 15 is 0 Å². The van der Waals surface area contributed by atoms with Crippen molar-refractivity contribution in [2.75, 3.05) is 33.2 Å². The first-order chi connectivity index (χ1) is 9.38. The van der Waals surface area contributed by atoms with Gasteiger partial charge in [-0.3, -0.25) is 9.69 Å². The molecule has 0 aliphatic carbocycles. The summed E-state index contributed by atoms with van der Waals surface area (Å²) in [7, 11) is 2.14. The Kier molecular flexibility index (Phi) is 4.61. The normalized spacial score (nSPS) is 21.1. The number of carbonyl (C=O) groups is 1. The average molecular weight is 274 g/mol. The van der Waals surface area contributed by atoms with Crippen molar-refractivity contribution in [3.63, 3.8) is 0 Å². The third-order valence-electron chi connectivity index (χ3n) is 4.46. The van der Waals surface area contributed by atoms with Gasteiger partial charge in [0.15, 0.2) is 5.78 Å². The molecule has 1 aliphatic heterocycles. The quantitative estimate of drug-likeness (QED) is 0.791. The maximum Gasteiger partial charge on any atom is 0.177 e. The minimum Gasteiger partial charge on any atom is -0.304 e. The van der Waals surface area contributed by atoms with Crippen molar-refractivity contribution in [3.05, 3.63) is 34.4 Å². The van der Waals surface area contributed by atoms with Crippen LogP contribution in [0.5, 0.6) is 0 Å². The highest BCUT2D eigenvalue weighted by Crippen LogP contribution is 2.17. The van der Waals surface area contributed by atoms with Crippen LogP contribution in [0.4, 0.5) is 0 Å². The fraction of sp³-hybridized carbons (Fsp3) is 0.588. The van der Waals surface area contributed by atoms with Crippen molar-refractivity contribution in [1.29, 1.82) is 0 Å². The largest absolute Gasteiger partial charge is 0.304 e. The molecule has 1 heterocycles. The predicted octanol–water partition coefficient (Wildman–Crippen LogP) is 2.43. The molecule has 2 rings (SSSR count). The number of hydrogen-bond acceptors (Lipinski definition) is 3. The Morgan fingerprint density at radius 3 is 2.45 bits per heavy atom. The second kappa shape index (κ2) is 6.06. The van der Waals surface area contributed by atoms with Crippen molar-refractivity contribution < 1.29 is 4.79 Å². The molecule has 20 heavy (non-hydrogen) atoms. The molecule has 0 saturated carbocycles. The minimum absolute atomic E-state index is 0.252. The molecule has 0 amide bonds. The van der Waals surface area contributed by atoms with Gasteiger partial charge in [0.05, 0.1) is 6.54 Å². The molecule has 3 heteroatoms. The third kappa shape index (κ3) is 3.28. The molecule has 1 aromatic carbocycles. The number of likely N-dealkylation sites (N-methyl/N-ethyl adjacent to an activating group) is 1. The van der Waals surface area contributed by atoms with Gasteiger partial charge in [-0.25, -0.2) is 0 Å². The van der Waals surface area contributed by atoms with Gasteiger partial charge in [0.25, 0.3) is 0 Å². The Morgan fingerprint density at radius 2 is 1.80 bits per heavy atom. The van der Waals surface area contributed by atoms with Crippen molar-refractivity contribution >= 4 is 5.78 Å². The maximum atomic E-state index is 12.6. The van der Waals surface area contributed by atoms with Crippen LogP contribution in [0.15, 0.2) is 12.1 Å². The average Bonchev–Trinajstić information content (AvgIpc) is 2.37. The lowest BCUT2D eigenvalue weighted by Gasteiger charge is -2.37. The van der Waals surface area contributed by atoms with Crippen LogP contribution in [0.3, 0.4) is 0 Å². The summed E-state index contributed by atoms with van der Waals surface area (Å²) in [6.45, 7) is 12.0. The van der Waals surface area contributed by atoms with Crippen molar-refractivity contribution in [1.82, 2.24) is 9.80 Å². The van der Waals surface area contributed by atoms with Gasteiger partial charge in [-0.15, -0.1) is 0 Å². The smallest absolute Gasteiger partial charge is 0.177 e. The van der Waals surface area contributed by atoms with Crippen molar-refractivity contribution in [3.8, 4) is 0 Å². The van der Waals surface area contributed by atoms with Crippen molar-refractivity contribution in [2.45, 2.75) is 33.7 Å². The Morgan fingerprint density at radius 1 is 1.15 bits per heavy atom. The lowest BCUT2D eigenvalue weighted by atomic mass is 9.97. The highest BCUT2D eigenvalue weighted by atomic mass is 16.1. The summed E-state index contributed by atoms with van der Waals surface area (Å²) >= 11 is 0. The lowest BCUT2D eigenvalue weighted by Crippen LogP contribution is -2.51. The first-order valence-electron chi connectivity index (χ1n) is 7.42. The number of hydrogen-bond donors (Lipinski definition) is 0. The summed E-state index contributed by atoms with van der Waals surface area (Å²) in [5.74, 6) is 0.252. The summed E-state index contributed by atoms with van der Waals surface area (Å²) < 4.78 is 0. The van der Waals surface area contributed by atoms with Crippen LogP contribution in [0.2, 0.25) is 0 Å². The SMILES string of the molecule is Cc1cc(C)c(C(=O)CN2CCN(C)CC2C)cc1C. The Labute approximate surface area is 122 Å². The zero-order chi connectivity index (χ0) is 14.9. The van der Waals surface area contributed by atoms with E-state index in [0.717, 1.165) is 30.8 Å². The zero-order valence-electron chi connectivity index (χ0n) is 13.4. The number of benzene rings is 1. The molecule has 1 fully saturated rings. The van der Waals surface area contributed by atoms with Crippen LogP contribution in [0.1, 0.15) is 34.0 Å². The van der Waals surface area contributed by atoms with Gasteiger partial charge in [-0.2, -0.15) is 0 Å². The Bertz CT molecular complexity index is 510. The fourth-order valence-corrected chi connectivity index (χ4v) is 2.94. The standard InChI is InChI=1S/C17H26N2O/c1-12-8-14(3)16(9-13(12)2)17(20)11-19-7-6-18(5)10-15(19)4/h8-9,15H,6-7,10-11H2,1-5H3. The van der Waals surface area contributed by atoms with E-state index in [4.69, 9.17) is 0 Å². The molecule has 1 aliphatic rings. The number of nitrogens with zero attached hydrogens (tertiary/aromatic N) is 2. The van der Waals surface area contributed by atoms with Crippen LogP contribution < -0.4 is 0 Å². The molecule has 3 nitrogen and oxygen atoms in total. The first kappa shape index (κ1) is 15.2. The van der Waals surface area contributed by atoms with Crippen LogP contribution in [-0.2, 0) is 0 Å². The Hall–Kier alpha value is -1.19. The topological polar surface area (TPSA) is 23.6 Å². The minimum atomic E-state index is 0.252. The van der Waals surface area contributed by atoms with E-state index in [1.54, 1.807) is 0 Å². The molecule has 0 spiro atoms. The lowest BCUT2D eigenvalue weighted by molar-refractivity contribution is 0.0747. The Balaban J connectivity index is 2.11. The molecule has 1 unspecified atom stereocenters. The van der Waals surface area contributed by atoms with E-state index in [2.05, 4.69) is 43.7 Å². The van der Waals surface area contributed by atoms with Crippen LogP contribution in [0.25, 0.3) is 0 Å². The van der Waals surface area contributed by atoms with E-state index in [1.165, 1.54) is 11.1 Å². The molecular formula is C17H26N2O. The van der Waals surface area contributed by atoms with Gasteiger partial charge in [-0.1, -0.05) is 6.07 Å². The highest BCUT2D eigenvalue weighted by molar-refractivity contribution is 5.99. The zero-order valence-corrected chi connectivity index (χ0v) is 13.4. The molecule has 0 aromatic heterocycles. The molecule has 0 radical (unpaired) electrons. The van der Waals surface area contributed by atoms with Gasteiger partial charge in [0.1, 0.15) is 0 Å². The number of aryl methyl sites for hydroxylation is 3. The number of ketones is 1. The maximum absolute atomic E-state index is 12.6. The van der Waals surface area contributed by atoms with E-state index in [0.29, 0.717) is 12.6 Å². The van der Waals surface area contributed by atoms with Crippen LogP contribution >= 0.6 is 0 Å². The molecule has 0 bridgehead atoms. The van der Waals surface area contributed by atoms with Gasteiger partial charge >= 0.3 is 0 Å². The molecule has 1 saturated heterocycles. The van der Waals surface area contributed by atoms with Gasteiger partial charge in [-0.05, 0) is 57.5 Å². The van der Waals surface area contributed by atoms with Crippen LogP contribution in [0, 0.1) is 20.8 Å². The molecule has 0 N–H and O–H groups in total. The van der Waals surface area contributed by atoms with Gasteiger partial charge < -0.3 is 4.90 Å². The second-order valence-corrected chi connectivity index (χ2v) is 6.26. The number of piperazine rings is 1. The molecule has 1 atom stereocenters. The number of carbonyl (C=O) groups excluding carboxylic acids is 1. The van der Waals surface area contributed by atoms with E-state index in [1.807, 2.05) is 13.0 Å². The summed E-state index contributed by atoms with van der Waals surface area (Å²) in [5, 5.41) is 0. The van der Waals surface area contributed by atoms with Crippen LogP contribution in [-0.4, -0.2) is 54.9 Å². The monoisotopic (exact) mass is 274 g/mol. The summed E-state index contributed by atoms with van der Waals surface area (Å²) in [4.78, 5) is 17.2. The van der Waals surface area contributed by atoms with E-state index in [-0.39, 0.29) is 5.78 Å². The molecular weight excluding hydrogens is 248 g/mol.